The number of halogens is 4. The van der Waals surface area contributed by atoms with Gasteiger partial charge >= 0.3 is 12.1 Å². The Bertz CT molecular complexity index is 744. The summed E-state index contributed by atoms with van der Waals surface area (Å²) < 4.78 is 59.0. The number of esters is 1. The Kier molecular flexibility index (Phi) is 7.87. The summed E-state index contributed by atoms with van der Waals surface area (Å²) in [6.45, 7) is 11.0. The van der Waals surface area contributed by atoms with Crippen molar-refractivity contribution in [3.05, 3.63) is 28.3 Å². The van der Waals surface area contributed by atoms with E-state index >= 15 is 0 Å². The minimum Gasteiger partial charge on any atom is -0.495 e. The molecule has 0 aliphatic heterocycles. The summed E-state index contributed by atoms with van der Waals surface area (Å²) in [5.74, 6) is -1.15. The molecule has 0 aliphatic carbocycles. The second-order valence-electron chi connectivity index (χ2n) is 8.60. The van der Waals surface area contributed by atoms with Gasteiger partial charge in [-0.05, 0) is 44.5 Å². The molecule has 1 unspecified atom stereocenters. The molecule has 1 atom stereocenters. The van der Waals surface area contributed by atoms with Crippen molar-refractivity contribution in [2.75, 3.05) is 13.7 Å². The highest BCUT2D eigenvalue weighted by molar-refractivity contribution is 6.70. The van der Waals surface area contributed by atoms with E-state index in [1.165, 1.54) is 14.0 Å². The highest BCUT2D eigenvalue weighted by Gasteiger charge is 2.66. The summed E-state index contributed by atoms with van der Waals surface area (Å²) in [5.41, 5.74) is -3.09. The number of hydrogen-bond acceptors (Lipinski definition) is 4. The lowest BCUT2D eigenvalue weighted by atomic mass is 9.74. The molecular formula is C20H30ClF3O4Si. The van der Waals surface area contributed by atoms with Crippen LogP contribution in [0.3, 0.4) is 0 Å². The molecule has 0 saturated heterocycles. The standard InChI is InChI=1S/C20H30ClF3O4Si/c1-9-27-17(25)19(20(22,23)24,28-29(6,7)8)12-18(3,4)14-11-10-13(2)15(21)16(14)26-5/h10-11H,9,12H2,1-8H3. The molecule has 0 heterocycles. The topological polar surface area (TPSA) is 44.8 Å². The molecule has 9 heteroatoms. The van der Waals surface area contributed by atoms with Crippen LogP contribution in [-0.2, 0) is 19.4 Å². The minimum absolute atomic E-state index is 0.189. The first-order valence-corrected chi connectivity index (χ1v) is 13.1. The fourth-order valence-corrected chi connectivity index (χ4v) is 4.86. The number of methoxy groups -OCH3 is 1. The van der Waals surface area contributed by atoms with Gasteiger partial charge in [-0.25, -0.2) is 4.79 Å². The summed E-state index contributed by atoms with van der Waals surface area (Å²) in [4.78, 5) is 12.7. The van der Waals surface area contributed by atoms with Crippen LogP contribution in [0.4, 0.5) is 13.2 Å². The molecule has 0 N–H and O–H groups in total. The van der Waals surface area contributed by atoms with Gasteiger partial charge in [0.25, 0.3) is 5.60 Å². The lowest BCUT2D eigenvalue weighted by Gasteiger charge is -2.43. The Balaban J connectivity index is 3.67. The first-order chi connectivity index (χ1) is 13.0. The van der Waals surface area contributed by atoms with Crippen molar-refractivity contribution in [2.45, 2.75) is 70.9 Å². The maximum Gasteiger partial charge on any atom is 0.427 e. The SMILES string of the molecule is CCOC(=O)C(CC(C)(C)c1ccc(C)c(Cl)c1OC)(O[Si](C)(C)C)C(F)(F)F. The predicted molar refractivity (Wildman–Crippen MR) is 110 cm³/mol. The average Bonchev–Trinajstić information content (AvgIpc) is 2.53. The van der Waals surface area contributed by atoms with Crippen LogP contribution in [0.25, 0.3) is 0 Å². The zero-order chi connectivity index (χ0) is 22.8. The number of carbonyl (C=O) groups excluding carboxylic acids is 1. The zero-order valence-electron chi connectivity index (χ0n) is 18.2. The van der Waals surface area contributed by atoms with Crippen molar-refractivity contribution >= 4 is 25.9 Å². The van der Waals surface area contributed by atoms with Gasteiger partial charge in [0.2, 0.25) is 0 Å². The fraction of sp³-hybridized carbons (Fsp3) is 0.650. The molecule has 1 rings (SSSR count). The van der Waals surface area contributed by atoms with Crippen molar-refractivity contribution in [3.8, 4) is 5.75 Å². The summed E-state index contributed by atoms with van der Waals surface area (Å²) in [6.07, 6.45) is -5.65. The van der Waals surface area contributed by atoms with E-state index in [0.717, 1.165) is 5.56 Å². The van der Waals surface area contributed by atoms with Crippen molar-refractivity contribution in [1.82, 2.24) is 0 Å². The second-order valence-corrected chi connectivity index (χ2v) is 13.4. The molecule has 0 saturated carbocycles. The summed E-state index contributed by atoms with van der Waals surface area (Å²) in [5, 5.41) is 0.318. The number of alkyl halides is 3. The third-order valence-electron chi connectivity index (χ3n) is 4.46. The second kappa shape index (κ2) is 8.86. The molecule has 0 amide bonds. The lowest BCUT2D eigenvalue weighted by molar-refractivity contribution is -0.261. The number of rotatable bonds is 8. The Morgan fingerprint density at radius 1 is 1.17 bits per heavy atom. The largest absolute Gasteiger partial charge is 0.495 e. The van der Waals surface area contributed by atoms with Gasteiger partial charge in [-0.2, -0.15) is 13.2 Å². The molecule has 4 nitrogen and oxygen atoms in total. The van der Waals surface area contributed by atoms with E-state index in [9.17, 15) is 18.0 Å². The monoisotopic (exact) mass is 454 g/mol. The fourth-order valence-electron chi connectivity index (χ4n) is 3.30. The van der Waals surface area contributed by atoms with Gasteiger partial charge < -0.3 is 13.9 Å². The van der Waals surface area contributed by atoms with E-state index < -0.39 is 37.9 Å². The highest BCUT2D eigenvalue weighted by Crippen LogP contribution is 2.48. The zero-order valence-corrected chi connectivity index (χ0v) is 20.0. The van der Waals surface area contributed by atoms with E-state index in [2.05, 4.69) is 0 Å². The normalized spacial score (nSPS) is 15.0. The molecule has 29 heavy (non-hydrogen) atoms. The van der Waals surface area contributed by atoms with Crippen LogP contribution in [0.2, 0.25) is 24.7 Å². The van der Waals surface area contributed by atoms with Crippen molar-refractivity contribution < 1.29 is 31.9 Å². The highest BCUT2D eigenvalue weighted by atomic mass is 35.5. The third kappa shape index (κ3) is 5.67. The van der Waals surface area contributed by atoms with E-state index in [4.69, 9.17) is 25.5 Å². The maximum atomic E-state index is 14.4. The summed E-state index contributed by atoms with van der Waals surface area (Å²) >= 11 is 6.32. The van der Waals surface area contributed by atoms with Crippen molar-refractivity contribution in [2.24, 2.45) is 0 Å². The van der Waals surface area contributed by atoms with E-state index in [1.807, 2.05) is 0 Å². The van der Waals surface area contributed by atoms with Gasteiger partial charge in [0.15, 0.2) is 8.32 Å². The van der Waals surface area contributed by atoms with Gasteiger partial charge in [0.05, 0.1) is 18.7 Å². The van der Waals surface area contributed by atoms with Crippen LogP contribution in [0.1, 0.15) is 38.3 Å². The van der Waals surface area contributed by atoms with E-state index in [0.29, 0.717) is 10.6 Å². The number of hydrogen-bond donors (Lipinski definition) is 0. The van der Waals surface area contributed by atoms with Gasteiger partial charge in [-0.3, -0.25) is 0 Å². The molecule has 0 aliphatic rings. The third-order valence-corrected chi connectivity index (χ3v) is 5.89. The van der Waals surface area contributed by atoms with E-state index in [-0.39, 0.29) is 12.4 Å². The lowest BCUT2D eigenvalue weighted by Crippen LogP contribution is -2.61. The number of aryl methyl sites for hydroxylation is 1. The van der Waals surface area contributed by atoms with E-state index in [1.54, 1.807) is 52.5 Å². The van der Waals surface area contributed by atoms with Crippen molar-refractivity contribution in [3.63, 3.8) is 0 Å². The molecule has 0 bridgehead atoms. The Morgan fingerprint density at radius 2 is 1.72 bits per heavy atom. The number of benzene rings is 1. The van der Waals surface area contributed by atoms with Gasteiger partial charge in [0.1, 0.15) is 5.75 Å². The molecule has 0 radical (unpaired) electrons. The molecule has 0 fully saturated rings. The van der Waals surface area contributed by atoms with Crippen molar-refractivity contribution in [1.29, 1.82) is 0 Å². The van der Waals surface area contributed by atoms with Crippen LogP contribution in [0.15, 0.2) is 12.1 Å². The maximum absolute atomic E-state index is 14.4. The van der Waals surface area contributed by atoms with Gasteiger partial charge in [0, 0.05) is 12.0 Å². The minimum atomic E-state index is -4.97. The molecular weight excluding hydrogens is 425 g/mol. The van der Waals surface area contributed by atoms with Crippen LogP contribution in [0.5, 0.6) is 5.75 Å². The average molecular weight is 455 g/mol. The van der Waals surface area contributed by atoms with Crippen LogP contribution < -0.4 is 4.74 Å². The smallest absolute Gasteiger partial charge is 0.427 e. The molecule has 0 aromatic heterocycles. The quantitative estimate of drug-likeness (QED) is 0.355. The Labute approximate surface area is 176 Å². The first-order valence-electron chi connectivity index (χ1n) is 9.30. The van der Waals surface area contributed by atoms with Crippen LogP contribution in [-0.4, -0.2) is 39.8 Å². The number of carbonyl (C=O) groups is 1. The number of ether oxygens (including phenoxy) is 2. The molecule has 0 spiro atoms. The van der Waals surface area contributed by atoms with Crippen LogP contribution >= 0.6 is 11.6 Å². The summed E-state index contributed by atoms with van der Waals surface area (Å²) in [6, 6.07) is 3.38. The van der Waals surface area contributed by atoms with Gasteiger partial charge in [-0.15, -0.1) is 0 Å². The first kappa shape index (κ1) is 25.8. The predicted octanol–water partition coefficient (Wildman–Crippen LogP) is 6.04. The van der Waals surface area contributed by atoms with Crippen LogP contribution in [0, 0.1) is 6.92 Å². The van der Waals surface area contributed by atoms with Gasteiger partial charge in [-0.1, -0.05) is 37.6 Å². The Hall–Kier alpha value is -1.25. The summed E-state index contributed by atoms with van der Waals surface area (Å²) in [7, 11) is -1.41. The molecule has 166 valence electrons. The molecule has 1 aromatic carbocycles. The Morgan fingerprint density at radius 3 is 2.14 bits per heavy atom. The molecule has 1 aromatic rings.